The van der Waals surface area contributed by atoms with Crippen LogP contribution in [0.1, 0.15) is 26.5 Å². The third kappa shape index (κ3) is 2.16. The van der Waals surface area contributed by atoms with E-state index in [2.05, 4.69) is 0 Å². The zero-order valence-electron chi connectivity index (χ0n) is 13.6. The molecule has 4 nitrogen and oxygen atoms in total. The number of carbonyl (C=O) groups is 2. The van der Waals surface area contributed by atoms with Crippen LogP contribution in [0.4, 0.5) is 0 Å². The number of Topliss-reactive ketones (excluding diaryl/α,β-unsaturated/α-hetero) is 2. The van der Waals surface area contributed by atoms with Crippen LogP contribution < -0.4 is 0 Å². The molecule has 0 aliphatic heterocycles. The zero-order chi connectivity index (χ0) is 17.7. The Morgan fingerprint density at radius 1 is 0.692 bits per heavy atom. The van der Waals surface area contributed by atoms with Gasteiger partial charge in [-0.2, -0.15) is 0 Å². The van der Waals surface area contributed by atoms with E-state index in [-0.39, 0.29) is 17.1 Å². The van der Waals surface area contributed by atoms with Crippen LogP contribution in [0.15, 0.2) is 81.1 Å². The molecule has 0 saturated carbocycles. The van der Waals surface area contributed by atoms with Crippen molar-refractivity contribution in [2.75, 3.05) is 0 Å². The van der Waals surface area contributed by atoms with Crippen molar-refractivity contribution in [1.82, 2.24) is 0 Å². The Bertz CT molecular complexity index is 1140. The Balaban J connectivity index is 1.53. The molecule has 0 unspecified atom stereocenters. The molecule has 0 atom stereocenters. The van der Waals surface area contributed by atoms with Gasteiger partial charge in [-0.1, -0.05) is 54.6 Å². The minimum atomic E-state index is -0.274. The molecule has 1 aliphatic carbocycles. The fourth-order valence-electron chi connectivity index (χ4n) is 3.22. The predicted molar refractivity (Wildman–Crippen MR) is 97.0 cm³/mol. The molecule has 0 radical (unpaired) electrons. The van der Waals surface area contributed by atoms with Crippen molar-refractivity contribution < 1.29 is 18.4 Å². The van der Waals surface area contributed by atoms with E-state index in [1.165, 1.54) is 6.08 Å². The molecule has 4 heteroatoms. The van der Waals surface area contributed by atoms with Crippen LogP contribution >= 0.6 is 0 Å². The summed E-state index contributed by atoms with van der Waals surface area (Å²) in [5, 5.41) is 0. The molecular weight excluding hydrogens is 328 g/mol. The first kappa shape index (κ1) is 14.7. The maximum atomic E-state index is 12.4. The Labute approximate surface area is 148 Å². The lowest BCUT2D eigenvalue weighted by molar-refractivity contribution is 0.0990. The van der Waals surface area contributed by atoms with Crippen LogP contribution in [0.25, 0.3) is 28.6 Å². The second-order valence-electron chi connectivity index (χ2n) is 6.12. The maximum Gasteiger partial charge on any atom is 0.197 e. The molecule has 2 heterocycles. The van der Waals surface area contributed by atoms with Crippen LogP contribution in [0.5, 0.6) is 0 Å². The van der Waals surface area contributed by atoms with Crippen molar-refractivity contribution in [1.29, 1.82) is 0 Å². The van der Waals surface area contributed by atoms with Crippen LogP contribution in [0.2, 0.25) is 0 Å². The molecule has 2 aromatic carbocycles. The molecule has 0 amide bonds. The van der Waals surface area contributed by atoms with Crippen molar-refractivity contribution >= 4 is 28.8 Å². The molecule has 0 spiro atoms. The zero-order valence-corrected chi connectivity index (χ0v) is 13.6. The van der Waals surface area contributed by atoms with E-state index in [1.54, 1.807) is 36.4 Å². The summed E-state index contributed by atoms with van der Waals surface area (Å²) in [6.07, 6.45) is 1.49. The lowest BCUT2D eigenvalue weighted by atomic mass is 10.1. The normalized spacial score (nSPS) is 13.5. The minimum Gasteiger partial charge on any atom is -0.453 e. The number of hydrogen-bond donors (Lipinski definition) is 0. The summed E-state index contributed by atoms with van der Waals surface area (Å²) < 4.78 is 11.6. The van der Waals surface area contributed by atoms with Gasteiger partial charge in [-0.3, -0.25) is 9.59 Å². The third-order valence-corrected chi connectivity index (χ3v) is 4.48. The standard InChI is InChI=1S/C22H12O4/c23-21-15-8-4-5-9-16(15)22(24)17(21)10-14-11-19-20(25-14)12-18(26-19)13-6-2-1-3-7-13/h1-12H. The highest BCUT2D eigenvalue weighted by molar-refractivity contribution is 6.41. The van der Waals surface area contributed by atoms with Crippen molar-refractivity contribution in [3.8, 4) is 11.3 Å². The van der Waals surface area contributed by atoms with E-state index in [9.17, 15) is 9.59 Å². The molecule has 4 aromatic rings. The maximum absolute atomic E-state index is 12.4. The fourth-order valence-corrected chi connectivity index (χ4v) is 3.22. The molecule has 2 aromatic heterocycles. The van der Waals surface area contributed by atoms with Gasteiger partial charge in [0.1, 0.15) is 11.5 Å². The molecule has 0 fully saturated rings. The average Bonchev–Trinajstić information content (AvgIpc) is 3.30. The Morgan fingerprint density at radius 2 is 1.31 bits per heavy atom. The lowest BCUT2D eigenvalue weighted by Crippen LogP contribution is -1.99. The van der Waals surface area contributed by atoms with Crippen LogP contribution in [-0.4, -0.2) is 11.6 Å². The summed E-state index contributed by atoms with van der Waals surface area (Å²) in [7, 11) is 0. The lowest BCUT2D eigenvalue weighted by Gasteiger charge is -1.94. The SMILES string of the molecule is O=C1C(=Cc2cc3oc(-c4ccccc4)cc3o2)C(=O)c2ccccc21. The molecule has 0 bridgehead atoms. The van der Waals surface area contributed by atoms with Gasteiger partial charge in [0, 0.05) is 28.8 Å². The van der Waals surface area contributed by atoms with Gasteiger partial charge in [-0.15, -0.1) is 0 Å². The number of fused-ring (bicyclic) bond motifs is 2. The molecule has 5 rings (SSSR count). The Hall–Kier alpha value is -3.66. The number of furan rings is 2. The first-order valence-electron chi connectivity index (χ1n) is 8.19. The highest BCUT2D eigenvalue weighted by atomic mass is 16.4. The number of benzene rings is 2. The van der Waals surface area contributed by atoms with Gasteiger partial charge >= 0.3 is 0 Å². The van der Waals surface area contributed by atoms with Crippen molar-refractivity contribution in [3.05, 3.63) is 89.2 Å². The van der Waals surface area contributed by atoms with E-state index in [0.29, 0.717) is 33.8 Å². The first-order valence-corrected chi connectivity index (χ1v) is 8.19. The van der Waals surface area contributed by atoms with Gasteiger partial charge in [0.25, 0.3) is 0 Å². The fraction of sp³-hybridized carbons (Fsp3) is 0. The van der Waals surface area contributed by atoms with Crippen molar-refractivity contribution in [2.45, 2.75) is 0 Å². The van der Waals surface area contributed by atoms with Crippen LogP contribution in [0.3, 0.4) is 0 Å². The van der Waals surface area contributed by atoms with E-state index >= 15 is 0 Å². The smallest absolute Gasteiger partial charge is 0.197 e. The summed E-state index contributed by atoms with van der Waals surface area (Å²) in [5.74, 6) is 0.578. The quantitative estimate of drug-likeness (QED) is 0.374. The number of hydrogen-bond acceptors (Lipinski definition) is 4. The van der Waals surface area contributed by atoms with Crippen molar-refractivity contribution in [3.63, 3.8) is 0 Å². The van der Waals surface area contributed by atoms with Gasteiger partial charge in [0.15, 0.2) is 22.7 Å². The summed E-state index contributed by atoms with van der Waals surface area (Å²) in [6, 6.07) is 20.0. The predicted octanol–water partition coefficient (Wildman–Crippen LogP) is 5.16. The van der Waals surface area contributed by atoms with Crippen molar-refractivity contribution in [2.24, 2.45) is 0 Å². The Kier molecular flexibility index (Phi) is 3.06. The monoisotopic (exact) mass is 340 g/mol. The minimum absolute atomic E-state index is 0.117. The first-order chi connectivity index (χ1) is 12.7. The van der Waals surface area contributed by atoms with Gasteiger partial charge < -0.3 is 8.83 Å². The van der Waals surface area contributed by atoms with Crippen LogP contribution in [-0.2, 0) is 0 Å². The average molecular weight is 340 g/mol. The largest absolute Gasteiger partial charge is 0.453 e. The number of ketones is 2. The van der Waals surface area contributed by atoms with E-state index < -0.39 is 0 Å². The molecule has 1 aliphatic rings. The molecule has 0 saturated heterocycles. The Morgan fingerprint density at radius 3 is 1.96 bits per heavy atom. The number of allylic oxidation sites excluding steroid dienone is 1. The van der Waals surface area contributed by atoms with E-state index in [4.69, 9.17) is 8.83 Å². The summed E-state index contributed by atoms with van der Waals surface area (Å²) >= 11 is 0. The van der Waals surface area contributed by atoms with Gasteiger partial charge in [0.05, 0.1) is 5.57 Å². The van der Waals surface area contributed by atoms with Gasteiger partial charge in [-0.25, -0.2) is 0 Å². The summed E-state index contributed by atoms with van der Waals surface area (Å²) in [4.78, 5) is 24.9. The summed E-state index contributed by atoms with van der Waals surface area (Å²) in [5.41, 5.74) is 3.09. The molecule has 124 valence electrons. The highest BCUT2D eigenvalue weighted by Gasteiger charge is 2.32. The van der Waals surface area contributed by atoms with Crippen LogP contribution in [0, 0.1) is 0 Å². The van der Waals surface area contributed by atoms with Gasteiger partial charge in [-0.05, 0) is 6.08 Å². The molecule has 26 heavy (non-hydrogen) atoms. The second-order valence-corrected chi connectivity index (χ2v) is 6.12. The second kappa shape index (κ2) is 5.43. The van der Waals surface area contributed by atoms with E-state index in [1.807, 2.05) is 30.3 Å². The third-order valence-electron chi connectivity index (χ3n) is 4.48. The highest BCUT2D eigenvalue weighted by Crippen LogP contribution is 2.32. The molecular formula is C22H12O4. The number of rotatable bonds is 2. The number of carbonyl (C=O) groups excluding carboxylic acids is 2. The molecule has 0 N–H and O–H groups in total. The topological polar surface area (TPSA) is 60.4 Å². The van der Waals surface area contributed by atoms with Gasteiger partial charge in [0.2, 0.25) is 0 Å². The van der Waals surface area contributed by atoms with E-state index in [0.717, 1.165) is 5.56 Å². The summed E-state index contributed by atoms with van der Waals surface area (Å²) in [6.45, 7) is 0.